The highest BCUT2D eigenvalue weighted by Crippen LogP contribution is 2.28. The van der Waals surface area contributed by atoms with Gasteiger partial charge in [0.25, 0.3) is 0 Å². The Kier molecular flexibility index (Phi) is 21.2. The number of carbonyl (C=O) groups excluding carboxylic acids is 1. The van der Waals surface area contributed by atoms with Crippen LogP contribution in [0.25, 0.3) is 0 Å². The number of rotatable bonds is 27. The van der Waals surface area contributed by atoms with Gasteiger partial charge in [0.1, 0.15) is 6.10 Å². The van der Waals surface area contributed by atoms with E-state index in [1.54, 1.807) is 6.08 Å². The van der Waals surface area contributed by atoms with Crippen LogP contribution in [0.3, 0.4) is 0 Å². The number of ether oxygens (including phenoxy) is 2. The molecule has 0 spiro atoms. The first-order chi connectivity index (χ1) is 21.3. The summed E-state index contributed by atoms with van der Waals surface area (Å²) in [6.07, 6.45) is 26.3. The minimum atomic E-state index is -0.628. The van der Waals surface area contributed by atoms with Gasteiger partial charge in [-0.25, -0.2) is 4.79 Å². The van der Waals surface area contributed by atoms with Crippen molar-refractivity contribution in [2.75, 3.05) is 0 Å². The smallest absolute Gasteiger partial charge is 0.334 e. The lowest BCUT2D eigenvalue weighted by atomic mass is 9.98. The van der Waals surface area contributed by atoms with E-state index in [4.69, 9.17) is 9.47 Å². The van der Waals surface area contributed by atoms with Crippen molar-refractivity contribution in [2.45, 2.75) is 204 Å². The molecule has 44 heavy (non-hydrogen) atoms. The fraction of sp³-hybridized carbons (Fsp3) is 0.865. The van der Waals surface area contributed by atoms with E-state index in [0.717, 1.165) is 44.9 Å². The van der Waals surface area contributed by atoms with Crippen molar-refractivity contribution in [3.63, 3.8) is 0 Å². The molecule has 7 heteroatoms. The zero-order chi connectivity index (χ0) is 32.0. The number of aliphatic hydroxyl groups excluding tert-OH is 4. The van der Waals surface area contributed by atoms with Crippen LogP contribution >= 0.6 is 0 Å². The van der Waals surface area contributed by atoms with E-state index in [2.05, 4.69) is 19.1 Å². The van der Waals surface area contributed by atoms with Crippen LogP contribution in [0.5, 0.6) is 0 Å². The molecule has 1 saturated heterocycles. The summed E-state index contributed by atoms with van der Waals surface area (Å²) in [6.45, 7) is 4.07. The fourth-order valence-corrected chi connectivity index (χ4v) is 6.46. The van der Waals surface area contributed by atoms with Gasteiger partial charge in [0.05, 0.1) is 36.6 Å². The molecule has 4 N–H and O–H groups in total. The zero-order valence-electron chi connectivity index (χ0n) is 28.1. The summed E-state index contributed by atoms with van der Waals surface area (Å²) < 4.78 is 11.1. The van der Waals surface area contributed by atoms with Gasteiger partial charge in [0.2, 0.25) is 0 Å². The molecule has 2 aliphatic heterocycles. The van der Waals surface area contributed by atoms with E-state index in [1.165, 1.54) is 64.2 Å². The van der Waals surface area contributed by atoms with Crippen LogP contribution in [0, 0.1) is 0 Å². The van der Waals surface area contributed by atoms with E-state index in [0.29, 0.717) is 44.1 Å². The van der Waals surface area contributed by atoms with Gasteiger partial charge in [-0.1, -0.05) is 96.1 Å². The molecule has 0 amide bonds. The highest BCUT2D eigenvalue weighted by Gasteiger charge is 2.34. The largest absolute Gasteiger partial charge is 0.455 e. The molecule has 0 aliphatic carbocycles. The van der Waals surface area contributed by atoms with Crippen molar-refractivity contribution in [2.24, 2.45) is 0 Å². The van der Waals surface area contributed by atoms with Crippen LogP contribution in [0.15, 0.2) is 23.8 Å². The van der Waals surface area contributed by atoms with E-state index in [-0.39, 0.29) is 24.3 Å². The first-order valence-corrected chi connectivity index (χ1v) is 18.2. The Morgan fingerprint density at radius 1 is 0.705 bits per heavy atom. The van der Waals surface area contributed by atoms with Crippen LogP contribution in [0.2, 0.25) is 0 Å². The summed E-state index contributed by atoms with van der Waals surface area (Å²) >= 11 is 0. The molecule has 2 heterocycles. The molecule has 1 fully saturated rings. The van der Waals surface area contributed by atoms with Crippen molar-refractivity contribution in [1.29, 1.82) is 0 Å². The summed E-state index contributed by atoms with van der Waals surface area (Å²) in [4.78, 5) is 11.7. The summed E-state index contributed by atoms with van der Waals surface area (Å²) in [5.41, 5.74) is 0.563. The van der Waals surface area contributed by atoms with Crippen molar-refractivity contribution in [3.05, 3.63) is 23.8 Å². The normalized spacial score (nSPS) is 23.2. The van der Waals surface area contributed by atoms with Crippen LogP contribution < -0.4 is 0 Å². The van der Waals surface area contributed by atoms with Crippen molar-refractivity contribution >= 4 is 5.97 Å². The number of esters is 1. The molecule has 256 valence electrons. The maximum atomic E-state index is 11.7. The molecule has 0 saturated carbocycles. The van der Waals surface area contributed by atoms with Crippen molar-refractivity contribution in [1.82, 2.24) is 0 Å². The number of hydrogen-bond acceptors (Lipinski definition) is 7. The van der Waals surface area contributed by atoms with Crippen LogP contribution in [0.4, 0.5) is 0 Å². The molecule has 0 aromatic carbocycles. The Morgan fingerprint density at radius 2 is 1.25 bits per heavy atom. The number of allylic oxidation sites excluding steroid dienone is 2. The van der Waals surface area contributed by atoms with Gasteiger partial charge in [-0.3, -0.25) is 0 Å². The Morgan fingerprint density at radius 3 is 1.86 bits per heavy atom. The average Bonchev–Trinajstić information content (AvgIpc) is 3.62. The monoisotopic (exact) mass is 622 g/mol. The van der Waals surface area contributed by atoms with Gasteiger partial charge < -0.3 is 29.9 Å². The molecular weight excluding hydrogens is 556 g/mol. The highest BCUT2D eigenvalue weighted by atomic mass is 16.5. The lowest BCUT2D eigenvalue weighted by molar-refractivity contribution is -0.139. The minimum Gasteiger partial charge on any atom is -0.455 e. The van der Waals surface area contributed by atoms with E-state index in [1.807, 2.05) is 6.92 Å². The molecule has 0 aromatic heterocycles. The molecule has 0 radical (unpaired) electrons. The van der Waals surface area contributed by atoms with Gasteiger partial charge in [0.15, 0.2) is 0 Å². The molecule has 2 rings (SSSR count). The summed E-state index contributed by atoms with van der Waals surface area (Å²) in [7, 11) is 0. The third-order valence-electron chi connectivity index (χ3n) is 9.28. The standard InChI is InChI=1S/C37H66O7/c1-3-4-5-6-7-8-9-10-11-12-13-14-15-19-22-33(40)35-25-26-36(44-35)34(41)24-23-31(38)20-17-16-18-21-32(39)28-30-27-29(2)43-37(30)42/h14-15,27,29,31-36,38-41H,3-13,16-26,28H2,1-2H3. The average molecular weight is 623 g/mol. The molecule has 2 aliphatic rings. The topological polar surface area (TPSA) is 116 Å². The van der Waals surface area contributed by atoms with Crippen molar-refractivity contribution in [3.8, 4) is 0 Å². The zero-order valence-corrected chi connectivity index (χ0v) is 28.1. The van der Waals surface area contributed by atoms with Gasteiger partial charge in [-0.2, -0.15) is 0 Å². The number of aliphatic hydroxyl groups is 4. The first kappa shape index (κ1) is 38.9. The number of cyclic esters (lactones) is 1. The SMILES string of the molecule is CCCCCCCCCCCCC=CCCC(O)C1CCC(C(O)CCC(O)CCCCCC(O)CC2=CC(C)OC2=O)O1. The predicted octanol–water partition coefficient (Wildman–Crippen LogP) is 7.62. The quantitative estimate of drug-likeness (QED) is 0.0423. The third-order valence-corrected chi connectivity index (χ3v) is 9.28. The van der Waals surface area contributed by atoms with Gasteiger partial charge in [-0.05, 0) is 77.2 Å². The summed E-state index contributed by atoms with van der Waals surface area (Å²) in [5, 5.41) is 41.8. The maximum Gasteiger partial charge on any atom is 0.334 e. The Labute approximate surface area is 268 Å². The number of unbranched alkanes of at least 4 members (excludes halogenated alkanes) is 12. The molecule has 7 nitrogen and oxygen atoms in total. The molecular formula is C37H66O7. The highest BCUT2D eigenvalue weighted by molar-refractivity contribution is 5.90. The van der Waals surface area contributed by atoms with E-state index in [9.17, 15) is 25.2 Å². The Hall–Kier alpha value is -1.25. The Bertz CT molecular complexity index is 797. The first-order valence-electron chi connectivity index (χ1n) is 18.2. The third kappa shape index (κ3) is 17.4. The second-order valence-corrected chi connectivity index (χ2v) is 13.5. The summed E-state index contributed by atoms with van der Waals surface area (Å²) in [5.74, 6) is -0.325. The predicted molar refractivity (Wildman–Crippen MR) is 177 cm³/mol. The molecule has 7 atom stereocenters. The maximum absolute atomic E-state index is 11.7. The number of carbonyl (C=O) groups is 1. The van der Waals surface area contributed by atoms with E-state index >= 15 is 0 Å². The lowest BCUT2D eigenvalue weighted by Gasteiger charge is -2.22. The molecule has 7 unspecified atom stereocenters. The van der Waals surface area contributed by atoms with Gasteiger partial charge in [0, 0.05) is 12.0 Å². The summed E-state index contributed by atoms with van der Waals surface area (Å²) in [6, 6.07) is 0. The van der Waals surface area contributed by atoms with Crippen LogP contribution in [-0.2, 0) is 14.3 Å². The number of hydrogen-bond donors (Lipinski definition) is 4. The fourth-order valence-electron chi connectivity index (χ4n) is 6.46. The second-order valence-electron chi connectivity index (χ2n) is 13.5. The van der Waals surface area contributed by atoms with Gasteiger partial charge in [-0.15, -0.1) is 0 Å². The van der Waals surface area contributed by atoms with E-state index < -0.39 is 24.4 Å². The van der Waals surface area contributed by atoms with Crippen LogP contribution in [-0.4, -0.2) is 69.1 Å². The van der Waals surface area contributed by atoms with Crippen molar-refractivity contribution < 1.29 is 34.7 Å². The second kappa shape index (κ2) is 24.0. The van der Waals surface area contributed by atoms with Gasteiger partial charge >= 0.3 is 5.97 Å². The molecule has 0 aromatic rings. The minimum absolute atomic E-state index is 0.209. The van der Waals surface area contributed by atoms with Crippen LogP contribution in [0.1, 0.15) is 162 Å². The molecule has 0 bridgehead atoms. The lowest BCUT2D eigenvalue weighted by Crippen LogP contribution is -2.31. The Balaban J connectivity index is 1.43.